The lowest BCUT2D eigenvalue weighted by Gasteiger charge is -2.29. The molecule has 1 unspecified atom stereocenters. The lowest BCUT2D eigenvalue weighted by Crippen LogP contribution is -2.51. The van der Waals surface area contributed by atoms with Crippen molar-refractivity contribution >= 4 is 38.8 Å². The van der Waals surface area contributed by atoms with Gasteiger partial charge < -0.3 is 10.2 Å². The Kier molecular flexibility index (Phi) is 6.57. The number of hydrogen-bond acceptors (Lipinski definition) is 6. The van der Waals surface area contributed by atoms with Gasteiger partial charge in [0, 0.05) is 41.2 Å². The normalized spacial score (nSPS) is 17.6. The molecule has 1 aromatic heterocycles. The minimum atomic E-state index is -3.06. The fourth-order valence-corrected chi connectivity index (χ4v) is 5.00. The highest BCUT2D eigenvalue weighted by Crippen LogP contribution is 2.22. The zero-order chi connectivity index (χ0) is 19.5. The Labute approximate surface area is 157 Å². The van der Waals surface area contributed by atoms with Crippen LogP contribution in [0.4, 0.5) is 0 Å². The fourth-order valence-electron chi connectivity index (χ4n) is 2.85. The van der Waals surface area contributed by atoms with E-state index in [2.05, 4.69) is 5.32 Å². The van der Waals surface area contributed by atoms with Gasteiger partial charge in [-0.1, -0.05) is 0 Å². The highest BCUT2D eigenvalue weighted by molar-refractivity contribution is 7.91. The van der Waals surface area contributed by atoms with Gasteiger partial charge in [0.25, 0.3) is 0 Å². The van der Waals surface area contributed by atoms with Crippen LogP contribution in [0.25, 0.3) is 0 Å². The number of amides is 2. The largest absolute Gasteiger partial charge is 0.345 e. The minimum Gasteiger partial charge on any atom is -0.345 e. The Hall–Kier alpha value is -1.74. The minimum absolute atomic E-state index is 0.0131. The lowest BCUT2D eigenvalue weighted by atomic mass is 10.1. The van der Waals surface area contributed by atoms with Crippen LogP contribution in [-0.4, -0.2) is 61.6 Å². The lowest BCUT2D eigenvalue weighted by molar-refractivity contribution is -0.135. The van der Waals surface area contributed by atoms with Gasteiger partial charge in [-0.05, 0) is 26.8 Å². The maximum atomic E-state index is 12.3. The van der Waals surface area contributed by atoms with Gasteiger partial charge in [0.15, 0.2) is 15.6 Å². The number of nitrogens with one attached hydrogen (secondary N) is 1. The van der Waals surface area contributed by atoms with Crippen LogP contribution >= 0.6 is 11.3 Å². The second-order valence-electron chi connectivity index (χ2n) is 6.52. The summed E-state index contributed by atoms with van der Waals surface area (Å²) in [5.41, 5.74) is 0.652. The maximum Gasteiger partial charge on any atom is 0.244 e. The van der Waals surface area contributed by atoms with E-state index in [0.717, 1.165) is 9.75 Å². The summed E-state index contributed by atoms with van der Waals surface area (Å²) in [7, 11) is -3.06. The number of ketones is 1. The molecule has 26 heavy (non-hydrogen) atoms. The van der Waals surface area contributed by atoms with E-state index < -0.39 is 15.9 Å². The molecule has 2 heterocycles. The Morgan fingerprint density at radius 2 is 1.81 bits per heavy atom. The van der Waals surface area contributed by atoms with Gasteiger partial charge in [-0.25, -0.2) is 8.42 Å². The molecule has 1 aliphatic heterocycles. The van der Waals surface area contributed by atoms with Crippen LogP contribution in [0.5, 0.6) is 0 Å². The van der Waals surface area contributed by atoms with Crippen molar-refractivity contribution in [3.8, 4) is 0 Å². The molecule has 0 aliphatic carbocycles. The molecule has 0 saturated carbocycles. The van der Waals surface area contributed by atoms with Gasteiger partial charge in [0.2, 0.25) is 11.8 Å². The molecular formula is C17H24N2O5S2. The van der Waals surface area contributed by atoms with Crippen LogP contribution < -0.4 is 5.32 Å². The van der Waals surface area contributed by atoms with Crippen molar-refractivity contribution < 1.29 is 22.8 Å². The monoisotopic (exact) mass is 400 g/mol. The molecule has 0 radical (unpaired) electrons. The van der Waals surface area contributed by atoms with Crippen molar-refractivity contribution in [1.82, 2.24) is 10.2 Å². The third-order valence-corrected chi connectivity index (χ3v) is 6.90. The van der Waals surface area contributed by atoms with E-state index in [-0.39, 0.29) is 55.0 Å². The third-order valence-electron chi connectivity index (χ3n) is 4.32. The number of aryl methyl sites for hydroxylation is 2. The van der Waals surface area contributed by atoms with Crippen molar-refractivity contribution in [3.05, 3.63) is 21.4 Å². The molecule has 1 atom stereocenters. The summed E-state index contributed by atoms with van der Waals surface area (Å²) in [6.45, 7) is 5.68. The quantitative estimate of drug-likeness (QED) is 0.721. The Morgan fingerprint density at radius 1 is 1.19 bits per heavy atom. The number of hydrogen-bond donors (Lipinski definition) is 1. The zero-order valence-corrected chi connectivity index (χ0v) is 16.8. The van der Waals surface area contributed by atoms with E-state index in [1.807, 2.05) is 19.9 Å². The van der Waals surface area contributed by atoms with Crippen LogP contribution in [0.3, 0.4) is 0 Å². The van der Waals surface area contributed by atoms with Gasteiger partial charge in [-0.15, -0.1) is 11.3 Å². The molecule has 144 valence electrons. The molecule has 0 spiro atoms. The third kappa shape index (κ3) is 5.38. The second kappa shape index (κ2) is 8.30. The van der Waals surface area contributed by atoms with E-state index >= 15 is 0 Å². The van der Waals surface area contributed by atoms with Crippen LogP contribution in [-0.2, 0) is 19.4 Å². The van der Waals surface area contributed by atoms with E-state index in [1.54, 1.807) is 18.3 Å². The average molecular weight is 401 g/mol. The first-order valence-electron chi connectivity index (χ1n) is 8.48. The van der Waals surface area contributed by atoms with Gasteiger partial charge >= 0.3 is 0 Å². The molecule has 1 N–H and O–H groups in total. The Balaban J connectivity index is 1.80. The topological polar surface area (TPSA) is 101 Å². The first-order valence-corrected chi connectivity index (χ1v) is 11.1. The van der Waals surface area contributed by atoms with E-state index in [9.17, 15) is 22.8 Å². The van der Waals surface area contributed by atoms with Gasteiger partial charge in [0.05, 0.1) is 11.5 Å². The van der Waals surface area contributed by atoms with Crippen molar-refractivity contribution in [2.75, 3.05) is 24.6 Å². The number of sulfone groups is 1. The van der Waals surface area contributed by atoms with Gasteiger partial charge in [-0.3, -0.25) is 14.4 Å². The SMILES string of the molecule is Cc1cc(C(=O)CCC(=O)NC(C)C(=O)N2CCS(=O)(=O)CC2)c(C)s1. The van der Waals surface area contributed by atoms with E-state index in [4.69, 9.17) is 0 Å². The molecule has 0 aromatic carbocycles. The molecule has 1 fully saturated rings. The predicted molar refractivity (Wildman–Crippen MR) is 100 cm³/mol. The van der Waals surface area contributed by atoms with Crippen molar-refractivity contribution in [2.45, 2.75) is 39.7 Å². The summed E-state index contributed by atoms with van der Waals surface area (Å²) in [6.07, 6.45) is 0.102. The standard InChI is InChI=1S/C17H24N2O5S2/c1-11-10-14(13(3)25-11)15(20)4-5-16(21)18-12(2)17(22)19-6-8-26(23,24)9-7-19/h10,12H,4-9H2,1-3H3,(H,18,21). The highest BCUT2D eigenvalue weighted by Gasteiger charge is 2.28. The van der Waals surface area contributed by atoms with Crippen LogP contribution in [0.15, 0.2) is 6.07 Å². The number of carbonyl (C=O) groups excluding carboxylic acids is 3. The molecular weight excluding hydrogens is 376 g/mol. The number of nitrogens with zero attached hydrogens (tertiary/aromatic N) is 1. The summed E-state index contributed by atoms with van der Waals surface area (Å²) >= 11 is 1.55. The maximum absolute atomic E-state index is 12.3. The Bertz CT molecular complexity index is 799. The summed E-state index contributed by atoms with van der Waals surface area (Å²) in [5.74, 6) is -0.847. The summed E-state index contributed by atoms with van der Waals surface area (Å²) in [4.78, 5) is 40.0. The average Bonchev–Trinajstić information content (AvgIpc) is 2.90. The number of carbonyl (C=O) groups is 3. The van der Waals surface area contributed by atoms with Crippen LogP contribution in [0.2, 0.25) is 0 Å². The van der Waals surface area contributed by atoms with Crippen molar-refractivity contribution in [2.24, 2.45) is 0 Å². The molecule has 0 bridgehead atoms. The number of thiophene rings is 1. The zero-order valence-electron chi connectivity index (χ0n) is 15.2. The molecule has 7 nitrogen and oxygen atoms in total. The number of Topliss-reactive ketones (excluding diaryl/α,β-unsaturated/α-hetero) is 1. The van der Waals surface area contributed by atoms with E-state index in [1.165, 1.54) is 4.90 Å². The smallest absolute Gasteiger partial charge is 0.244 e. The highest BCUT2D eigenvalue weighted by atomic mass is 32.2. The van der Waals surface area contributed by atoms with Gasteiger partial charge in [0.1, 0.15) is 6.04 Å². The summed E-state index contributed by atoms with van der Waals surface area (Å²) in [6, 6.07) is 1.08. The summed E-state index contributed by atoms with van der Waals surface area (Å²) < 4.78 is 22.8. The van der Waals surface area contributed by atoms with Crippen LogP contribution in [0, 0.1) is 13.8 Å². The molecule has 1 saturated heterocycles. The number of rotatable bonds is 6. The first kappa shape index (κ1) is 20.6. The fraction of sp³-hybridized carbons (Fsp3) is 0.588. The van der Waals surface area contributed by atoms with Crippen molar-refractivity contribution in [3.63, 3.8) is 0 Å². The second-order valence-corrected chi connectivity index (χ2v) is 10.3. The van der Waals surface area contributed by atoms with Gasteiger partial charge in [-0.2, -0.15) is 0 Å². The van der Waals surface area contributed by atoms with Crippen LogP contribution in [0.1, 0.15) is 39.9 Å². The molecule has 2 amide bonds. The van der Waals surface area contributed by atoms with Crippen molar-refractivity contribution in [1.29, 1.82) is 0 Å². The summed E-state index contributed by atoms with van der Waals surface area (Å²) in [5, 5.41) is 2.60. The molecule has 9 heteroatoms. The first-order chi connectivity index (χ1) is 12.1. The molecule has 1 aliphatic rings. The van der Waals surface area contributed by atoms with E-state index in [0.29, 0.717) is 5.56 Å². The molecule has 2 rings (SSSR count). The Morgan fingerprint density at radius 3 is 2.35 bits per heavy atom. The molecule has 1 aromatic rings. The predicted octanol–water partition coefficient (Wildman–Crippen LogP) is 1.09.